The van der Waals surface area contributed by atoms with Crippen LogP contribution in [0.3, 0.4) is 0 Å². The Morgan fingerprint density at radius 2 is 1.46 bits per heavy atom. The van der Waals surface area contributed by atoms with Crippen LogP contribution in [0.5, 0.6) is 0 Å². The van der Waals surface area contributed by atoms with Gasteiger partial charge in [0.15, 0.2) is 11.9 Å². The van der Waals surface area contributed by atoms with Crippen LogP contribution in [-0.4, -0.2) is 5.78 Å². The summed E-state index contributed by atoms with van der Waals surface area (Å²) in [5.41, 5.74) is 5.28. The third kappa shape index (κ3) is 4.09. The molecule has 3 heteroatoms. The van der Waals surface area contributed by atoms with Crippen molar-refractivity contribution in [1.29, 1.82) is 0 Å². The zero-order valence-corrected chi connectivity index (χ0v) is 14.6. The Balaban J connectivity index is 0.00000208. The summed E-state index contributed by atoms with van der Waals surface area (Å²) in [6, 6.07) is 22.1. The summed E-state index contributed by atoms with van der Waals surface area (Å²) in [4.78, 5) is 12.5. The van der Waals surface area contributed by atoms with E-state index < -0.39 is 0 Å². The molecule has 24 heavy (non-hydrogen) atoms. The Kier molecular flexibility index (Phi) is 5.88. The number of halogens is 1. The number of pyridine rings is 1. The molecule has 0 bridgehead atoms. The number of aryl methyl sites for hydroxylation is 2. The molecule has 2 aromatic carbocycles. The quantitative estimate of drug-likeness (QED) is 0.517. The average Bonchev–Trinajstić information content (AvgIpc) is 2.59. The summed E-state index contributed by atoms with van der Waals surface area (Å²) in [5.74, 6) is 0.128. The summed E-state index contributed by atoms with van der Waals surface area (Å²) in [5, 5.41) is 0. The van der Waals surface area contributed by atoms with Gasteiger partial charge in [0.25, 0.3) is 0 Å². The number of carbonyl (C=O) groups is 1. The number of hydrogen-bond donors (Lipinski definition) is 0. The second-order valence-electron chi connectivity index (χ2n) is 5.84. The van der Waals surface area contributed by atoms with E-state index in [-0.39, 0.29) is 18.2 Å². The molecule has 0 aliphatic heterocycles. The van der Waals surface area contributed by atoms with Gasteiger partial charge < -0.3 is 12.4 Å². The number of benzene rings is 2. The van der Waals surface area contributed by atoms with Crippen LogP contribution in [0.4, 0.5) is 0 Å². The van der Waals surface area contributed by atoms with Gasteiger partial charge in [-0.25, -0.2) is 0 Å². The predicted octanol–water partition coefficient (Wildman–Crippen LogP) is 1.14. The van der Waals surface area contributed by atoms with Crippen molar-refractivity contribution in [1.82, 2.24) is 0 Å². The molecular weight excluding hydrogens is 318 g/mol. The van der Waals surface area contributed by atoms with Gasteiger partial charge in [0.05, 0.1) is 0 Å². The average molecular weight is 338 g/mol. The minimum atomic E-state index is 0. The molecule has 3 aromatic rings. The second kappa shape index (κ2) is 7.89. The number of carbonyl (C=O) groups excluding carboxylic acids is 1. The van der Waals surface area contributed by atoms with Crippen molar-refractivity contribution < 1.29 is 21.8 Å². The third-order valence-corrected chi connectivity index (χ3v) is 4.03. The number of Topliss-reactive ketones (excluding diaryl/α,β-unsaturated/α-hetero) is 1. The SMILES string of the molecule is Cc1ccc(C)[n+](CC(=O)c2ccc(-c3ccccc3)cc2)c1.[Cl-]. The van der Waals surface area contributed by atoms with E-state index >= 15 is 0 Å². The zero-order valence-electron chi connectivity index (χ0n) is 13.9. The monoisotopic (exact) mass is 337 g/mol. The standard InChI is InChI=1S/C21H20NO.ClH/c1-16-8-9-17(2)22(14-16)15-21(23)20-12-10-19(11-13-20)18-6-4-3-5-7-18;/h3-14H,15H2,1-2H3;1H/q+1;/p-1. The number of nitrogens with zero attached hydrogens (tertiary/aromatic N) is 1. The molecule has 1 heterocycles. The lowest BCUT2D eigenvalue weighted by atomic mass is 10.0. The summed E-state index contributed by atoms with van der Waals surface area (Å²) in [6.07, 6.45) is 2.02. The number of rotatable bonds is 4. The van der Waals surface area contributed by atoms with Crippen LogP contribution in [0.1, 0.15) is 21.6 Å². The molecule has 1 aromatic heterocycles. The van der Waals surface area contributed by atoms with Gasteiger partial charge in [-0.2, -0.15) is 4.57 Å². The maximum Gasteiger partial charge on any atom is 0.227 e. The Bertz CT molecular complexity index is 826. The first-order chi connectivity index (χ1) is 11.1. The Hall–Kier alpha value is -2.45. The molecule has 0 aliphatic carbocycles. The predicted molar refractivity (Wildman–Crippen MR) is 92.3 cm³/mol. The fourth-order valence-electron chi connectivity index (χ4n) is 2.63. The molecule has 0 amide bonds. The molecule has 0 atom stereocenters. The van der Waals surface area contributed by atoms with Gasteiger partial charge in [-0.1, -0.05) is 54.6 Å². The van der Waals surface area contributed by atoms with Crippen molar-refractivity contribution >= 4 is 5.78 Å². The van der Waals surface area contributed by atoms with Crippen LogP contribution >= 0.6 is 0 Å². The lowest BCUT2D eigenvalue weighted by Gasteiger charge is -2.04. The summed E-state index contributed by atoms with van der Waals surface area (Å²) < 4.78 is 2.00. The fraction of sp³-hybridized carbons (Fsp3) is 0.143. The lowest BCUT2D eigenvalue weighted by Crippen LogP contribution is -3.00. The van der Waals surface area contributed by atoms with E-state index in [1.165, 1.54) is 0 Å². The van der Waals surface area contributed by atoms with E-state index in [1.54, 1.807) is 0 Å². The highest BCUT2D eigenvalue weighted by atomic mass is 35.5. The molecule has 3 rings (SSSR count). The van der Waals surface area contributed by atoms with E-state index in [2.05, 4.69) is 18.2 Å². The van der Waals surface area contributed by atoms with Crippen molar-refractivity contribution in [3.8, 4) is 11.1 Å². The molecular formula is C21H20ClNO. The molecule has 0 spiro atoms. The second-order valence-corrected chi connectivity index (χ2v) is 5.84. The molecule has 0 unspecified atom stereocenters. The highest BCUT2D eigenvalue weighted by Crippen LogP contribution is 2.19. The number of ketones is 1. The largest absolute Gasteiger partial charge is 1.00 e. The third-order valence-electron chi connectivity index (χ3n) is 4.03. The molecule has 0 aliphatic rings. The summed E-state index contributed by atoms with van der Waals surface area (Å²) in [7, 11) is 0. The Morgan fingerprint density at radius 3 is 2.12 bits per heavy atom. The van der Waals surface area contributed by atoms with Crippen molar-refractivity contribution in [2.45, 2.75) is 20.4 Å². The fourth-order valence-corrected chi connectivity index (χ4v) is 2.63. The van der Waals surface area contributed by atoms with E-state index in [0.29, 0.717) is 6.54 Å². The van der Waals surface area contributed by atoms with Crippen LogP contribution in [0.15, 0.2) is 72.9 Å². The molecule has 0 saturated carbocycles. The minimum Gasteiger partial charge on any atom is -1.00 e. The highest BCUT2D eigenvalue weighted by molar-refractivity contribution is 5.95. The molecule has 0 saturated heterocycles. The molecule has 0 fully saturated rings. The highest BCUT2D eigenvalue weighted by Gasteiger charge is 2.14. The van der Waals surface area contributed by atoms with Crippen LogP contribution in [0.25, 0.3) is 11.1 Å². The number of hydrogen-bond acceptors (Lipinski definition) is 1. The van der Waals surface area contributed by atoms with Gasteiger partial charge >= 0.3 is 0 Å². The Labute approximate surface area is 149 Å². The van der Waals surface area contributed by atoms with Gasteiger partial charge in [-0.3, -0.25) is 4.79 Å². The topological polar surface area (TPSA) is 20.9 Å². The molecule has 122 valence electrons. The van der Waals surface area contributed by atoms with Gasteiger partial charge in [-0.05, 0) is 24.1 Å². The normalized spacial score (nSPS) is 10.1. The van der Waals surface area contributed by atoms with Crippen molar-refractivity contribution in [3.05, 3.63) is 89.7 Å². The maximum absolute atomic E-state index is 12.5. The Morgan fingerprint density at radius 1 is 0.833 bits per heavy atom. The molecule has 0 radical (unpaired) electrons. The van der Waals surface area contributed by atoms with Crippen molar-refractivity contribution in [2.75, 3.05) is 0 Å². The first-order valence-electron chi connectivity index (χ1n) is 7.79. The lowest BCUT2D eigenvalue weighted by molar-refractivity contribution is -0.689. The zero-order chi connectivity index (χ0) is 16.2. The minimum absolute atomic E-state index is 0. The van der Waals surface area contributed by atoms with Gasteiger partial charge in [0, 0.05) is 24.1 Å². The van der Waals surface area contributed by atoms with E-state index in [0.717, 1.165) is 27.9 Å². The van der Waals surface area contributed by atoms with E-state index in [4.69, 9.17) is 0 Å². The summed E-state index contributed by atoms with van der Waals surface area (Å²) in [6.45, 7) is 4.43. The van der Waals surface area contributed by atoms with Crippen molar-refractivity contribution in [2.24, 2.45) is 0 Å². The smallest absolute Gasteiger partial charge is 0.227 e. The maximum atomic E-state index is 12.5. The van der Waals surface area contributed by atoms with E-state index in [9.17, 15) is 4.79 Å². The first kappa shape index (κ1) is 17.9. The van der Waals surface area contributed by atoms with Gasteiger partial charge in [-0.15, -0.1) is 0 Å². The van der Waals surface area contributed by atoms with Crippen LogP contribution in [-0.2, 0) is 6.54 Å². The van der Waals surface area contributed by atoms with Crippen LogP contribution < -0.4 is 17.0 Å². The molecule has 0 N–H and O–H groups in total. The summed E-state index contributed by atoms with van der Waals surface area (Å²) >= 11 is 0. The van der Waals surface area contributed by atoms with Crippen molar-refractivity contribution in [3.63, 3.8) is 0 Å². The number of aromatic nitrogens is 1. The van der Waals surface area contributed by atoms with Gasteiger partial charge in [0.2, 0.25) is 12.3 Å². The van der Waals surface area contributed by atoms with Crippen LogP contribution in [0, 0.1) is 13.8 Å². The van der Waals surface area contributed by atoms with Crippen LogP contribution in [0.2, 0.25) is 0 Å². The van der Waals surface area contributed by atoms with E-state index in [1.807, 2.05) is 73.1 Å². The molecule has 2 nitrogen and oxygen atoms in total. The van der Waals surface area contributed by atoms with Gasteiger partial charge in [0.1, 0.15) is 0 Å². The first-order valence-corrected chi connectivity index (χ1v) is 7.79.